The minimum Gasteiger partial charge on any atom is -0.478 e. The van der Waals surface area contributed by atoms with Gasteiger partial charge in [-0.15, -0.1) is 11.3 Å². The number of pyridine rings is 1. The van der Waals surface area contributed by atoms with Gasteiger partial charge in [-0.3, -0.25) is 4.98 Å². The van der Waals surface area contributed by atoms with E-state index in [2.05, 4.69) is 15.1 Å². The molecule has 2 N–H and O–H groups in total. The van der Waals surface area contributed by atoms with E-state index in [0.717, 1.165) is 41.6 Å². The fourth-order valence-electron chi connectivity index (χ4n) is 4.92. The Morgan fingerprint density at radius 1 is 1.18 bits per heavy atom. The molecule has 0 saturated heterocycles. The summed E-state index contributed by atoms with van der Waals surface area (Å²) in [5.74, 6) is -0.847. The number of aromatic nitrogens is 3. The Labute approximate surface area is 230 Å². The van der Waals surface area contributed by atoms with E-state index in [1.165, 1.54) is 18.5 Å². The Morgan fingerprint density at radius 3 is 2.55 bits per heavy atom. The zero-order chi connectivity index (χ0) is 26.6. The SMILES string of the molecule is O=C(O)c1cc(F)c2nc([C@]3(O)CC[C@@H](OCc4c(-c5c(Cl)cncc5Cl)noc4C4CC4)CC3)sc2c1. The topological polar surface area (TPSA) is 119 Å². The van der Waals surface area contributed by atoms with Crippen LogP contribution >= 0.6 is 34.5 Å². The largest absolute Gasteiger partial charge is 0.478 e. The minimum atomic E-state index is -1.24. The number of hydrogen-bond acceptors (Lipinski definition) is 8. The second kappa shape index (κ2) is 9.84. The van der Waals surface area contributed by atoms with Crippen LogP contribution < -0.4 is 0 Å². The van der Waals surface area contributed by atoms with Crippen molar-refractivity contribution in [2.75, 3.05) is 0 Å². The number of hydrogen-bond donors (Lipinski definition) is 2. The van der Waals surface area contributed by atoms with Crippen LogP contribution in [0.5, 0.6) is 0 Å². The summed E-state index contributed by atoms with van der Waals surface area (Å²) < 4.78 is 26.8. The highest BCUT2D eigenvalue weighted by molar-refractivity contribution is 7.18. The molecule has 12 heteroatoms. The van der Waals surface area contributed by atoms with Gasteiger partial charge in [-0.05, 0) is 50.7 Å². The first-order valence-corrected chi connectivity index (χ1v) is 13.8. The maximum Gasteiger partial charge on any atom is 0.335 e. The lowest BCUT2D eigenvalue weighted by Gasteiger charge is -2.34. The maximum atomic E-state index is 14.5. The average Bonchev–Trinajstić information content (AvgIpc) is 3.48. The maximum absolute atomic E-state index is 14.5. The summed E-state index contributed by atoms with van der Waals surface area (Å²) in [6.07, 6.45) is 6.81. The van der Waals surface area contributed by atoms with Crippen molar-refractivity contribution >= 4 is 50.7 Å². The van der Waals surface area contributed by atoms with Crippen molar-refractivity contribution in [3.8, 4) is 11.3 Å². The number of ether oxygens (including phenoxy) is 1. The molecule has 2 aliphatic carbocycles. The number of carboxylic acids is 1. The second-order valence-corrected chi connectivity index (χ2v) is 11.6. The Bertz CT molecular complexity index is 1530. The van der Waals surface area contributed by atoms with Gasteiger partial charge in [0.15, 0.2) is 5.82 Å². The standard InChI is InChI=1S/C26H22Cl2FN3O5S/c27-16-9-30-10-17(28)20(16)21-15(23(37-32-21)12-1-2-12)11-36-14-3-5-26(35,6-4-14)25-31-22-18(29)7-13(24(33)34)8-19(22)38-25/h7-10,12,14,35H,1-6,11H2,(H,33,34)/t14-,26+. The molecule has 6 rings (SSSR count). The van der Waals surface area contributed by atoms with E-state index in [1.54, 1.807) is 0 Å². The summed E-state index contributed by atoms with van der Waals surface area (Å²) in [5, 5.41) is 26.0. The quantitative estimate of drug-likeness (QED) is 0.248. The van der Waals surface area contributed by atoms with E-state index in [9.17, 15) is 19.4 Å². The highest BCUT2D eigenvalue weighted by Crippen LogP contribution is 2.47. The van der Waals surface area contributed by atoms with Crippen molar-refractivity contribution in [2.45, 2.75) is 62.8 Å². The highest BCUT2D eigenvalue weighted by atomic mass is 35.5. The van der Waals surface area contributed by atoms with Crippen LogP contribution in [0.2, 0.25) is 10.0 Å². The van der Waals surface area contributed by atoms with Crippen LogP contribution in [0.1, 0.15) is 71.1 Å². The summed E-state index contributed by atoms with van der Waals surface area (Å²) in [7, 11) is 0. The Balaban J connectivity index is 1.18. The molecule has 2 aliphatic rings. The molecule has 8 nitrogen and oxygen atoms in total. The zero-order valence-corrected chi connectivity index (χ0v) is 22.2. The van der Waals surface area contributed by atoms with Gasteiger partial charge in [-0.25, -0.2) is 14.2 Å². The molecular weight excluding hydrogens is 556 g/mol. The molecule has 0 radical (unpaired) electrons. The van der Waals surface area contributed by atoms with Gasteiger partial charge in [0, 0.05) is 29.4 Å². The first kappa shape index (κ1) is 25.6. The number of thiazole rings is 1. The molecule has 0 amide bonds. The van der Waals surface area contributed by atoms with Crippen molar-refractivity contribution in [2.24, 2.45) is 0 Å². The summed E-state index contributed by atoms with van der Waals surface area (Å²) in [4.78, 5) is 19.6. The van der Waals surface area contributed by atoms with Gasteiger partial charge in [0.25, 0.3) is 0 Å². The molecule has 1 aromatic carbocycles. The average molecular weight is 578 g/mol. The summed E-state index contributed by atoms with van der Waals surface area (Å²) in [6, 6.07) is 2.33. The van der Waals surface area contributed by atoms with E-state index in [4.69, 9.17) is 32.5 Å². The number of fused-ring (bicyclic) bond motifs is 1. The monoisotopic (exact) mass is 577 g/mol. The predicted molar refractivity (Wildman–Crippen MR) is 139 cm³/mol. The van der Waals surface area contributed by atoms with E-state index in [-0.39, 0.29) is 23.8 Å². The van der Waals surface area contributed by atoms with Gasteiger partial charge in [-0.2, -0.15) is 0 Å². The number of aromatic carboxylic acids is 1. The molecule has 0 atom stereocenters. The van der Waals surface area contributed by atoms with Gasteiger partial charge >= 0.3 is 5.97 Å². The van der Waals surface area contributed by atoms with E-state index in [0.29, 0.717) is 62.6 Å². The number of aliphatic hydroxyl groups is 1. The van der Waals surface area contributed by atoms with Crippen molar-refractivity contribution in [1.82, 2.24) is 15.1 Å². The van der Waals surface area contributed by atoms with Gasteiger partial charge in [-0.1, -0.05) is 28.4 Å². The number of nitrogens with zero attached hydrogens (tertiary/aromatic N) is 3. The molecule has 4 aromatic rings. The van der Waals surface area contributed by atoms with Gasteiger partial charge in [0.2, 0.25) is 0 Å². The smallest absolute Gasteiger partial charge is 0.335 e. The number of benzene rings is 1. The predicted octanol–water partition coefficient (Wildman–Crippen LogP) is 6.71. The van der Waals surface area contributed by atoms with Crippen LogP contribution in [0.4, 0.5) is 4.39 Å². The van der Waals surface area contributed by atoms with Gasteiger partial charge in [0.05, 0.1) is 33.0 Å². The molecule has 2 fully saturated rings. The Kier molecular flexibility index (Phi) is 6.64. The fourth-order valence-corrected chi connectivity index (χ4v) is 6.63. The van der Waals surface area contributed by atoms with Crippen LogP contribution in [0, 0.1) is 5.82 Å². The normalized spacial score (nSPS) is 21.7. The third-order valence-corrected chi connectivity index (χ3v) is 8.94. The molecule has 0 bridgehead atoms. The molecule has 2 saturated carbocycles. The fraction of sp³-hybridized carbons (Fsp3) is 0.385. The molecule has 0 aliphatic heterocycles. The molecule has 0 spiro atoms. The first-order valence-electron chi connectivity index (χ1n) is 12.2. The van der Waals surface area contributed by atoms with Crippen molar-refractivity contribution in [3.05, 3.63) is 62.3 Å². The van der Waals surface area contributed by atoms with Crippen LogP contribution in [0.3, 0.4) is 0 Å². The van der Waals surface area contributed by atoms with Crippen LogP contribution in [0.25, 0.3) is 21.5 Å². The lowest BCUT2D eigenvalue weighted by atomic mass is 9.83. The zero-order valence-electron chi connectivity index (χ0n) is 19.9. The number of halogens is 3. The molecule has 0 unspecified atom stereocenters. The molecule has 38 heavy (non-hydrogen) atoms. The van der Waals surface area contributed by atoms with Crippen LogP contribution in [-0.4, -0.2) is 37.4 Å². The van der Waals surface area contributed by atoms with Crippen LogP contribution in [0.15, 0.2) is 29.0 Å². The lowest BCUT2D eigenvalue weighted by molar-refractivity contribution is -0.0641. The van der Waals surface area contributed by atoms with E-state index >= 15 is 0 Å². The lowest BCUT2D eigenvalue weighted by Crippen LogP contribution is -2.34. The number of carboxylic acid groups (broad SMARTS) is 1. The molecule has 3 heterocycles. The number of rotatable bonds is 7. The summed E-state index contributed by atoms with van der Waals surface area (Å²) in [6.45, 7) is 0.257. The minimum absolute atomic E-state index is 0.0721. The van der Waals surface area contributed by atoms with E-state index < -0.39 is 17.4 Å². The molecular formula is C26H22Cl2FN3O5S. The Hall–Kier alpha value is -2.63. The van der Waals surface area contributed by atoms with Crippen molar-refractivity contribution in [3.63, 3.8) is 0 Å². The molecule has 3 aromatic heterocycles. The van der Waals surface area contributed by atoms with E-state index in [1.807, 2.05) is 0 Å². The second-order valence-electron chi connectivity index (χ2n) is 9.80. The van der Waals surface area contributed by atoms with Gasteiger partial charge in [0.1, 0.15) is 27.6 Å². The molecule has 198 valence electrons. The third-order valence-electron chi connectivity index (χ3n) is 7.17. The highest BCUT2D eigenvalue weighted by Gasteiger charge is 2.39. The van der Waals surface area contributed by atoms with Gasteiger partial charge < -0.3 is 19.5 Å². The third kappa shape index (κ3) is 4.69. The van der Waals surface area contributed by atoms with Crippen molar-refractivity contribution < 1.29 is 28.7 Å². The summed E-state index contributed by atoms with van der Waals surface area (Å²) in [5.41, 5.74) is 0.613. The summed E-state index contributed by atoms with van der Waals surface area (Å²) >= 11 is 13.9. The number of carbonyl (C=O) groups is 1. The van der Waals surface area contributed by atoms with Crippen molar-refractivity contribution in [1.29, 1.82) is 0 Å². The van der Waals surface area contributed by atoms with Crippen LogP contribution in [-0.2, 0) is 16.9 Å². The Morgan fingerprint density at radius 2 is 1.89 bits per heavy atom. The first-order chi connectivity index (χ1) is 18.2.